The third-order valence-corrected chi connectivity index (χ3v) is 4.35. The van der Waals surface area contributed by atoms with Crippen molar-refractivity contribution in [3.05, 3.63) is 42.9 Å². The number of hydrogen-bond acceptors (Lipinski definition) is 6. The van der Waals surface area contributed by atoms with Crippen molar-refractivity contribution in [1.29, 1.82) is 0 Å². The summed E-state index contributed by atoms with van der Waals surface area (Å²) >= 11 is 0. The van der Waals surface area contributed by atoms with Gasteiger partial charge in [-0.2, -0.15) is 0 Å². The highest BCUT2D eigenvalue weighted by Crippen LogP contribution is 2.42. The second-order valence-electron chi connectivity index (χ2n) is 5.55. The molecule has 0 unspecified atom stereocenters. The molecule has 2 aliphatic rings. The lowest BCUT2D eigenvalue weighted by atomic mass is 10.1. The second kappa shape index (κ2) is 4.33. The molecule has 0 saturated carbocycles. The fourth-order valence-electron chi connectivity index (χ4n) is 3.33. The summed E-state index contributed by atoms with van der Waals surface area (Å²) in [6.45, 7) is 0.997. The topological polar surface area (TPSA) is 72.6 Å². The lowest BCUT2D eigenvalue weighted by Gasteiger charge is -2.31. The molecule has 1 atom stereocenters. The van der Waals surface area contributed by atoms with Crippen molar-refractivity contribution in [2.45, 2.75) is 18.9 Å². The Morgan fingerprint density at radius 3 is 3.00 bits per heavy atom. The van der Waals surface area contributed by atoms with Gasteiger partial charge in [0.25, 0.3) is 0 Å². The van der Waals surface area contributed by atoms with Crippen LogP contribution in [-0.2, 0) is 0 Å². The standard InChI is InChI=1S/C15H13N7/c1-2-11-15-20-18-9-22(15)12-8-17-13(10-3-5-16-6-4-10)19-14(12)21(11)7-1/h3-6,8-9,11H,1-2,7H2/t11-/m1/s1. The average Bonchev–Trinajstić information content (AvgIpc) is 3.24. The van der Waals surface area contributed by atoms with Crippen molar-refractivity contribution in [3.8, 4) is 17.1 Å². The summed E-state index contributed by atoms with van der Waals surface area (Å²) in [7, 11) is 0. The van der Waals surface area contributed by atoms with Crippen molar-refractivity contribution in [1.82, 2.24) is 29.7 Å². The van der Waals surface area contributed by atoms with Crippen molar-refractivity contribution in [2.75, 3.05) is 11.4 Å². The second-order valence-corrected chi connectivity index (χ2v) is 5.55. The lowest BCUT2D eigenvalue weighted by molar-refractivity contribution is 0.620. The van der Waals surface area contributed by atoms with E-state index in [0.717, 1.165) is 48.1 Å². The SMILES string of the molecule is c1cc(-c2ncc3c(n2)N2CCC[C@@H]2c2nncn2-3)ccn1. The first kappa shape index (κ1) is 11.8. The third-order valence-electron chi connectivity index (χ3n) is 4.35. The van der Waals surface area contributed by atoms with E-state index in [1.54, 1.807) is 18.7 Å². The first-order chi connectivity index (χ1) is 10.9. The van der Waals surface area contributed by atoms with Crippen LogP contribution in [-0.4, -0.2) is 36.3 Å². The Kier molecular flexibility index (Phi) is 2.32. The first-order valence-corrected chi connectivity index (χ1v) is 7.36. The quantitative estimate of drug-likeness (QED) is 0.680. The van der Waals surface area contributed by atoms with E-state index in [-0.39, 0.29) is 6.04 Å². The van der Waals surface area contributed by atoms with E-state index in [1.807, 2.05) is 22.9 Å². The number of hydrogen-bond donors (Lipinski definition) is 0. The van der Waals surface area contributed by atoms with Crippen molar-refractivity contribution >= 4 is 5.82 Å². The molecule has 5 rings (SSSR count). The molecule has 0 aromatic carbocycles. The maximum absolute atomic E-state index is 4.82. The van der Waals surface area contributed by atoms with Gasteiger partial charge in [-0.3, -0.25) is 9.55 Å². The molecule has 0 N–H and O–H groups in total. The van der Waals surface area contributed by atoms with Crippen LogP contribution in [0.2, 0.25) is 0 Å². The summed E-state index contributed by atoms with van der Waals surface area (Å²) in [5.74, 6) is 2.69. The minimum absolute atomic E-state index is 0.273. The van der Waals surface area contributed by atoms with Crippen LogP contribution in [0.4, 0.5) is 5.82 Å². The summed E-state index contributed by atoms with van der Waals surface area (Å²) in [6.07, 6.45) is 9.36. The molecule has 0 bridgehead atoms. The van der Waals surface area contributed by atoms with Crippen LogP contribution in [0.5, 0.6) is 0 Å². The summed E-state index contributed by atoms with van der Waals surface area (Å²) in [4.78, 5) is 15.7. The zero-order chi connectivity index (χ0) is 14.5. The summed E-state index contributed by atoms with van der Waals surface area (Å²) < 4.78 is 2.01. The highest BCUT2D eigenvalue weighted by Gasteiger charge is 2.37. The number of aromatic nitrogens is 6. The fourth-order valence-corrected chi connectivity index (χ4v) is 3.33. The van der Waals surface area contributed by atoms with Gasteiger partial charge in [-0.15, -0.1) is 10.2 Å². The Morgan fingerprint density at radius 1 is 1.18 bits per heavy atom. The van der Waals surface area contributed by atoms with Gasteiger partial charge >= 0.3 is 0 Å². The summed E-state index contributed by atoms with van der Waals surface area (Å²) in [6, 6.07) is 4.13. The Balaban J connectivity index is 1.72. The zero-order valence-corrected chi connectivity index (χ0v) is 11.8. The van der Waals surface area contributed by atoms with Gasteiger partial charge in [0, 0.05) is 24.5 Å². The smallest absolute Gasteiger partial charge is 0.161 e. The highest BCUT2D eigenvalue weighted by molar-refractivity contribution is 5.66. The Bertz CT molecular complexity index is 842. The van der Waals surface area contributed by atoms with Crippen molar-refractivity contribution in [3.63, 3.8) is 0 Å². The monoisotopic (exact) mass is 291 g/mol. The molecule has 2 aliphatic heterocycles. The normalized spacial score (nSPS) is 18.7. The zero-order valence-electron chi connectivity index (χ0n) is 11.8. The molecular formula is C15H13N7. The molecule has 0 radical (unpaired) electrons. The Labute approximate surface area is 126 Å². The van der Waals surface area contributed by atoms with Crippen LogP contribution in [0.3, 0.4) is 0 Å². The number of pyridine rings is 1. The maximum atomic E-state index is 4.82. The molecule has 0 amide bonds. The first-order valence-electron chi connectivity index (χ1n) is 7.36. The van der Waals surface area contributed by atoms with E-state index in [0.29, 0.717) is 0 Å². The average molecular weight is 291 g/mol. The number of anilines is 1. The molecule has 5 heterocycles. The third kappa shape index (κ3) is 1.53. The Morgan fingerprint density at radius 2 is 2.09 bits per heavy atom. The van der Waals surface area contributed by atoms with E-state index >= 15 is 0 Å². The van der Waals surface area contributed by atoms with Crippen LogP contribution in [0.15, 0.2) is 37.1 Å². The van der Waals surface area contributed by atoms with Crippen LogP contribution < -0.4 is 4.90 Å². The van der Waals surface area contributed by atoms with Gasteiger partial charge in [0.2, 0.25) is 0 Å². The predicted molar refractivity (Wildman–Crippen MR) is 79.5 cm³/mol. The van der Waals surface area contributed by atoms with Gasteiger partial charge in [-0.25, -0.2) is 9.97 Å². The maximum Gasteiger partial charge on any atom is 0.161 e. The van der Waals surface area contributed by atoms with Crippen molar-refractivity contribution < 1.29 is 0 Å². The van der Waals surface area contributed by atoms with E-state index in [4.69, 9.17) is 4.98 Å². The van der Waals surface area contributed by atoms with E-state index in [2.05, 4.69) is 25.1 Å². The minimum atomic E-state index is 0.273. The molecule has 7 heteroatoms. The lowest BCUT2D eigenvalue weighted by Crippen LogP contribution is -2.31. The van der Waals surface area contributed by atoms with Crippen LogP contribution in [0.1, 0.15) is 24.7 Å². The largest absolute Gasteiger partial charge is 0.344 e. The highest BCUT2D eigenvalue weighted by atomic mass is 15.4. The van der Waals surface area contributed by atoms with Crippen molar-refractivity contribution in [2.24, 2.45) is 0 Å². The van der Waals surface area contributed by atoms with E-state index in [1.165, 1.54) is 0 Å². The molecule has 7 nitrogen and oxygen atoms in total. The van der Waals surface area contributed by atoms with E-state index in [9.17, 15) is 0 Å². The van der Waals surface area contributed by atoms with Gasteiger partial charge in [0.15, 0.2) is 17.5 Å². The van der Waals surface area contributed by atoms with E-state index < -0.39 is 0 Å². The summed E-state index contributed by atoms with van der Waals surface area (Å²) in [5.41, 5.74) is 1.93. The molecule has 0 spiro atoms. The molecule has 3 aromatic heterocycles. The van der Waals surface area contributed by atoms with Gasteiger partial charge in [0.1, 0.15) is 12.0 Å². The number of nitrogens with zero attached hydrogens (tertiary/aromatic N) is 7. The minimum Gasteiger partial charge on any atom is -0.344 e. The van der Waals surface area contributed by atoms with Crippen LogP contribution >= 0.6 is 0 Å². The summed E-state index contributed by atoms with van der Waals surface area (Å²) in [5, 5.41) is 8.35. The number of rotatable bonds is 1. The predicted octanol–water partition coefficient (Wildman–Crippen LogP) is 1.77. The molecular weight excluding hydrogens is 278 g/mol. The molecule has 3 aromatic rings. The molecule has 0 aliphatic carbocycles. The molecule has 22 heavy (non-hydrogen) atoms. The fraction of sp³-hybridized carbons (Fsp3) is 0.267. The van der Waals surface area contributed by atoms with Crippen LogP contribution in [0.25, 0.3) is 17.1 Å². The Hall–Kier alpha value is -2.83. The van der Waals surface area contributed by atoms with Gasteiger partial charge in [-0.05, 0) is 25.0 Å². The molecule has 1 fully saturated rings. The van der Waals surface area contributed by atoms with Gasteiger partial charge < -0.3 is 4.90 Å². The number of fused-ring (bicyclic) bond motifs is 6. The molecule has 1 saturated heterocycles. The van der Waals surface area contributed by atoms with Gasteiger partial charge in [0.05, 0.1) is 12.2 Å². The van der Waals surface area contributed by atoms with Crippen LogP contribution in [0, 0.1) is 0 Å². The molecule has 108 valence electrons. The van der Waals surface area contributed by atoms with Gasteiger partial charge in [-0.1, -0.05) is 0 Å².